The molecule has 4 amide bonds. The number of nitrogens with one attached hydrogen (secondary N) is 5. The third-order valence-corrected chi connectivity index (χ3v) is 13.4. The summed E-state index contributed by atoms with van der Waals surface area (Å²) in [5, 5.41) is 28.4. The molecule has 0 aliphatic carbocycles. The first-order chi connectivity index (χ1) is 27.1. The summed E-state index contributed by atoms with van der Waals surface area (Å²) in [6, 6.07) is 3.41. The molecule has 14 nitrogen and oxygen atoms in total. The number of halogens is 2. The van der Waals surface area contributed by atoms with E-state index in [4.69, 9.17) is 11.6 Å². The Morgan fingerprint density at radius 1 is 0.982 bits per heavy atom. The number of aromatic nitrogens is 2. The number of aliphatic hydroxyl groups excluding tert-OH is 1. The number of thioether (sulfide) groups is 1. The minimum Gasteiger partial charge on any atom is -0.391 e. The largest absolute Gasteiger partial charge is 0.391 e. The van der Waals surface area contributed by atoms with Crippen molar-refractivity contribution >= 4 is 79.5 Å². The van der Waals surface area contributed by atoms with Gasteiger partial charge in [0, 0.05) is 60.2 Å². The fourth-order valence-corrected chi connectivity index (χ4v) is 9.54. The molecule has 0 spiro atoms. The molecule has 0 saturated carbocycles. The summed E-state index contributed by atoms with van der Waals surface area (Å²) < 4.78 is 2.07. The lowest BCUT2D eigenvalue weighted by Crippen LogP contribution is -2.46. The first kappa shape index (κ1) is 44.1. The van der Waals surface area contributed by atoms with Gasteiger partial charge in [-0.2, -0.15) is 16.9 Å². The molecule has 308 valence electrons. The van der Waals surface area contributed by atoms with Crippen molar-refractivity contribution in [2.75, 3.05) is 18.8 Å². The highest BCUT2D eigenvalue weighted by Crippen LogP contribution is 2.33. The van der Waals surface area contributed by atoms with Crippen LogP contribution in [0.1, 0.15) is 109 Å². The quantitative estimate of drug-likeness (QED) is 0.0381. The van der Waals surface area contributed by atoms with Crippen LogP contribution in [0.2, 0.25) is 5.02 Å². The lowest BCUT2D eigenvalue weighted by Gasteiger charge is -2.29. The van der Waals surface area contributed by atoms with E-state index >= 15 is 0 Å². The second kappa shape index (κ2) is 22.8. The number of hydrogen-bond donors (Lipinski definition) is 6. The molecule has 2 aromatic rings. The zero-order valence-corrected chi connectivity index (χ0v) is 35.1. The van der Waals surface area contributed by atoms with E-state index in [2.05, 4.69) is 52.7 Å². The molecule has 17 heteroatoms. The van der Waals surface area contributed by atoms with E-state index in [1.54, 1.807) is 12.1 Å². The van der Waals surface area contributed by atoms with E-state index in [0.29, 0.717) is 82.2 Å². The van der Waals surface area contributed by atoms with Crippen LogP contribution >= 0.6 is 39.3 Å². The van der Waals surface area contributed by atoms with Crippen molar-refractivity contribution in [1.29, 1.82) is 0 Å². The fourth-order valence-electron chi connectivity index (χ4n) is 7.50. The number of carbonyl (C=O) groups excluding carboxylic acids is 4. The van der Waals surface area contributed by atoms with Gasteiger partial charge in [-0.05, 0) is 86.0 Å². The minimum absolute atomic E-state index is 0.0228. The van der Waals surface area contributed by atoms with E-state index in [1.165, 1.54) is 10.9 Å². The van der Waals surface area contributed by atoms with Crippen molar-refractivity contribution in [3.63, 3.8) is 0 Å². The summed E-state index contributed by atoms with van der Waals surface area (Å²) in [5.74, 6) is 1.04. The summed E-state index contributed by atoms with van der Waals surface area (Å²) in [6.45, 7) is 1.41. The predicted octanol–water partition coefficient (Wildman–Crippen LogP) is 5.10. The van der Waals surface area contributed by atoms with E-state index < -0.39 is 6.10 Å². The molecule has 0 bridgehead atoms. The topological polar surface area (TPSA) is 196 Å². The molecule has 4 heterocycles. The Bertz CT molecular complexity index is 1760. The molecule has 3 aliphatic heterocycles. The van der Waals surface area contributed by atoms with Crippen molar-refractivity contribution in [3.05, 3.63) is 38.3 Å². The third-order valence-electron chi connectivity index (χ3n) is 10.7. The van der Waals surface area contributed by atoms with Crippen LogP contribution in [0.3, 0.4) is 0 Å². The number of amides is 4. The van der Waals surface area contributed by atoms with Gasteiger partial charge in [-0.3, -0.25) is 23.7 Å². The van der Waals surface area contributed by atoms with Gasteiger partial charge in [-0.15, -0.1) is 0 Å². The average molecular weight is 880 g/mol. The van der Waals surface area contributed by atoms with Crippen LogP contribution in [0.4, 0.5) is 4.79 Å². The molecule has 6 N–H and O–H groups in total. The zero-order valence-electron chi connectivity index (χ0n) is 32.0. The van der Waals surface area contributed by atoms with E-state index in [0.717, 1.165) is 76.5 Å². The molecule has 5 rings (SSSR count). The van der Waals surface area contributed by atoms with Crippen molar-refractivity contribution in [2.24, 2.45) is 5.10 Å². The number of hydrazone groups is 1. The molecule has 1 aromatic heterocycles. The van der Waals surface area contributed by atoms with Gasteiger partial charge in [0.2, 0.25) is 11.8 Å². The first-order valence-corrected chi connectivity index (χ1v) is 22.4. The average Bonchev–Trinajstić information content (AvgIpc) is 3.73. The monoisotopic (exact) mass is 878 g/mol. The van der Waals surface area contributed by atoms with Crippen LogP contribution < -0.4 is 32.3 Å². The van der Waals surface area contributed by atoms with Crippen LogP contribution in [-0.2, 0) is 20.9 Å². The lowest BCUT2D eigenvalue weighted by molar-refractivity contribution is -0.122. The zero-order chi connectivity index (χ0) is 39.9. The second-order valence-corrected chi connectivity index (χ2v) is 17.7. The normalized spacial score (nSPS) is 22.1. The van der Waals surface area contributed by atoms with Gasteiger partial charge in [0.1, 0.15) is 5.78 Å². The molecule has 3 aliphatic rings. The minimum atomic E-state index is -0.561. The maximum atomic E-state index is 13.3. The summed E-state index contributed by atoms with van der Waals surface area (Å²) in [6.07, 6.45) is 13.3. The Morgan fingerprint density at radius 3 is 2.50 bits per heavy atom. The Hall–Kier alpha value is -3.05. The van der Waals surface area contributed by atoms with Gasteiger partial charge in [-0.1, -0.05) is 37.3 Å². The number of urea groups is 1. The van der Waals surface area contributed by atoms with Gasteiger partial charge in [0.15, 0.2) is 0 Å². The van der Waals surface area contributed by atoms with Crippen LogP contribution in [0.15, 0.2) is 32.8 Å². The van der Waals surface area contributed by atoms with E-state index in [1.807, 2.05) is 11.8 Å². The SMILES string of the molecule is O=C(CCCCCCC(=O)NCCCCCC(=O)N/N=C(\CC1NCCCC1O)Cn1cnc2cc(Br)c(Cl)cc2c1=O)CCCCC1SCC2NC(=O)NC21. The summed E-state index contributed by atoms with van der Waals surface area (Å²) in [4.78, 5) is 66.5. The molecule has 1 aromatic carbocycles. The van der Waals surface area contributed by atoms with E-state index in [-0.39, 0.29) is 54.5 Å². The number of hydrogen-bond acceptors (Lipinski definition) is 10. The highest BCUT2D eigenvalue weighted by atomic mass is 79.9. The number of nitrogens with zero attached hydrogens (tertiary/aromatic N) is 3. The van der Waals surface area contributed by atoms with Gasteiger partial charge in [-0.25, -0.2) is 15.2 Å². The fraction of sp³-hybridized carbons (Fsp3) is 0.667. The van der Waals surface area contributed by atoms with Crippen LogP contribution in [0.5, 0.6) is 0 Å². The Morgan fingerprint density at radius 2 is 1.71 bits per heavy atom. The van der Waals surface area contributed by atoms with Gasteiger partial charge >= 0.3 is 6.03 Å². The maximum Gasteiger partial charge on any atom is 0.315 e. The standard InChI is InChI=1S/C39H56BrClN8O6S/c40-28-21-30-27(20-29(28)41)38(54)49(24-44-30)22-25(19-31-33(51)13-10-18-42-31)47-48-36(53)16-6-3-9-17-43-35(52)15-5-2-1-4-11-26(50)12-7-8-14-34-37-32(23-56-34)45-39(55)46-37/h20-21,24,31-34,37,42,51H,1-19,22-23H2,(H,43,52)(H,48,53)(H2,45,46,55)/b47-25+. The molecule has 5 unspecified atom stereocenters. The highest BCUT2D eigenvalue weighted by molar-refractivity contribution is 9.10. The van der Waals surface area contributed by atoms with Gasteiger partial charge in [0.25, 0.3) is 5.56 Å². The summed E-state index contributed by atoms with van der Waals surface area (Å²) in [5.41, 5.74) is 3.38. The number of Topliss-reactive ketones (excluding diaryl/α,β-unsaturated/α-hetero) is 1. The predicted molar refractivity (Wildman–Crippen MR) is 224 cm³/mol. The molecule has 3 fully saturated rings. The van der Waals surface area contributed by atoms with Crippen LogP contribution in [0, 0.1) is 0 Å². The van der Waals surface area contributed by atoms with Gasteiger partial charge < -0.3 is 26.4 Å². The van der Waals surface area contributed by atoms with Crippen LogP contribution in [0.25, 0.3) is 10.9 Å². The number of unbranched alkanes of at least 4 members (excludes halogenated alkanes) is 6. The Balaban J connectivity index is 0.905. The van der Waals surface area contributed by atoms with Crippen molar-refractivity contribution in [3.8, 4) is 0 Å². The molecule has 0 radical (unpaired) electrons. The van der Waals surface area contributed by atoms with Gasteiger partial charge in [0.05, 0.1) is 52.7 Å². The smallest absolute Gasteiger partial charge is 0.315 e. The number of rotatable bonds is 23. The van der Waals surface area contributed by atoms with Crippen molar-refractivity contribution < 1.29 is 24.3 Å². The number of piperidine rings is 1. The number of benzene rings is 1. The molecule has 3 saturated heterocycles. The molecule has 5 atom stereocenters. The van der Waals surface area contributed by atoms with Crippen LogP contribution in [-0.4, -0.2) is 92.3 Å². The lowest BCUT2D eigenvalue weighted by atomic mass is 9.96. The number of aliphatic hydroxyl groups is 1. The Kier molecular flexibility index (Phi) is 17.9. The second-order valence-electron chi connectivity index (χ2n) is 15.1. The highest BCUT2D eigenvalue weighted by Gasteiger charge is 2.42. The van der Waals surface area contributed by atoms with Crippen molar-refractivity contribution in [2.45, 2.75) is 145 Å². The van der Waals surface area contributed by atoms with Crippen molar-refractivity contribution in [1.82, 2.24) is 36.2 Å². The third kappa shape index (κ3) is 13.8. The number of ketones is 1. The van der Waals surface area contributed by atoms with E-state index in [9.17, 15) is 29.1 Å². The Labute approximate surface area is 346 Å². The summed E-state index contributed by atoms with van der Waals surface area (Å²) >= 11 is 11.5. The molecular weight excluding hydrogens is 824 g/mol. The summed E-state index contributed by atoms with van der Waals surface area (Å²) in [7, 11) is 0. The molecule has 56 heavy (non-hydrogen) atoms. The maximum absolute atomic E-state index is 13.3. The number of carbonyl (C=O) groups is 4. The molecular formula is C39H56BrClN8O6S. The number of fused-ring (bicyclic) bond motifs is 2. The first-order valence-electron chi connectivity index (χ1n) is 20.1.